The summed E-state index contributed by atoms with van der Waals surface area (Å²) in [6, 6.07) is 3.09. The summed E-state index contributed by atoms with van der Waals surface area (Å²) in [6.07, 6.45) is 2.02. The number of methoxy groups -OCH3 is 1. The van der Waals surface area contributed by atoms with Crippen molar-refractivity contribution in [3.05, 3.63) is 23.8 Å². The highest BCUT2D eigenvalue weighted by Gasteiger charge is 2.35. The first kappa shape index (κ1) is 16.3. The Labute approximate surface area is 128 Å². The number of hydrogen-bond donors (Lipinski definition) is 1. The molecule has 1 N–H and O–H groups in total. The fourth-order valence-electron chi connectivity index (χ4n) is 2.51. The van der Waals surface area contributed by atoms with Crippen molar-refractivity contribution < 1.29 is 27.9 Å². The number of hydrogen-bond acceptors (Lipinski definition) is 5. The quantitative estimate of drug-likeness (QED) is 0.877. The number of amides is 1. The molecule has 0 bridgehead atoms. The van der Waals surface area contributed by atoms with Gasteiger partial charge in [0.05, 0.1) is 17.6 Å². The maximum Gasteiger partial charge on any atom is 0.326 e. The minimum Gasteiger partial charge on any atom is -0.496 e. The fourth-order valence-corrected chi connectivity index (χ4v) is 3.15. The predicted octanol–water partition coefficient (Wildman–Crippen LogP) is 0.788. The number of carboxylic acid groups (broad SMARTS) is 1. The molecule has 0 aliphatic carbocycles. The Morgan fingerprint density at radius 3 is 2.59 bits per heavy atom. The minimum absolute atomic E-state index is 0.0114. The summed E-state index contributed by atoms with van der Waals surface area (Å²) >= 11 is 0. The van der Waals surface area contributed by atoms with Gasteiger partial charge in [0.25, 0.3) is 5.91 Å². The van der Waals surface area contributed by atoms with E-state index in [4.69, 9.17) is 9.84 Å². The smallest absolute Gasteiger partial charge is 0.326 e. The highest BCUT2D eigenvalue weighted by Crippen LogP contribution is 2.27. The van der Waals surface area contributed by atoms with Gasteiger partial charge >= 0.3 is 5.97 Å². The maximum absolute atomic E-state index is 12.6. The molecule has 2 rings (SSSR count). The Balaban J connectivity index is 2.46. The van der Waals surface area contributed by atoms with Gasteiger partial charge in [-0.3, -0.25) is 4.79 Å². The number of ether oxygens (including phenoxy) is 1. The monoisotopic (exact) mass is 327 g/mol. The number of likely N-dealkylation sites (tertiary alicyclic amines) is 1. The van der Waals surface area contributed by atoms with Crippen LogP contribution >= 0.6 is 0 Å². The van der Waals surface area contributed by atoms with Crippen LogP contribution in [0.5, 0.6) is 5.75 Å². The Morgan fingerprint density at radius 1 is 1.36 bits per heavy atom. The molecule has 1 aromatic rings. The van der Waals surface area contributed by atoms with Crippen LogP contribution in [0, 0.1) is 0 Å². The van der Waals surface area contributed by atoms with Crippen LogP contribution in [0.25, 0.3) is 0 Å². The molecule has 0 unspecified atom stereocenters. The van der Waals surface area contributed by atoms with Crippen molar-refractivity contribution in [3.8, 4) is 5.75 Å². The van der Waals surface area contributed by atoms with E-state index in [2.05, 4.69) is 0 Å². The Hall–Kier alpha value is -2.09. The third-order valence-electron chi connectivity index (χ3n) is 3.63. The number of carbonyl (C=O) groups excluding carboxylic acids is 1. The molecule has 0 spiro atoms. The molecule has 0 aromatic heterocycles. The fraction of sp³-hybridized carbons (Fsp3) is 0.429. The van der Waals surface area contributed by atoms with Gasteiger partial charge in [0, 0.05) is 12.8 Å². The standard InChI is InChI=1S/C14H17NO6S/c1-21-12-6-5-9(22(2,19)20)8-10(12)13(16)15-7-3-4-11(15)14(17)18/h5-6,8,11H,3-4,7H2,1-2H3,(H,17,18)/t11-/m1/s1. The average Bonchev–Trinajstić information content (AvgIpc) is 2.94. The maximum atomic E-state index is 12.6. The molecule has 1 aliphatic heterocycles. The zero-order valence-corrected chi connectivity index (χ0v) is 13.1. The third kappa shape index (κ3) is 3.06. The SMILES string of the molecule is COc1ccc(S(C)(=O)=O)cc1C(=O)N1CCC[C@@H]1C(=O)O. The van der Waals surface area contributed by atoms with Crippen molar-refractivity contribution in [1.82, 2.24) is 4.90 Å². The van der Waals surface area contributed by atoms with Crippen LogP contribution in [0.3, 0.4) is 0 Å². The summed E-state index contributed by atoms with van der Waals surface area (Å²) in [5, 5.41) is 9.17. The van der Waals surface area contributed by atoms with E-state index in [9.17, 15) is 18.0 Å². The average molecular weight is 327 g/mol. The summed E-state index contributed by atoms with van der Waals surface area (Å²) in [5.41, 5.74) is 0.0542. The number of benzene rings is 1. The first-order valence-electron chi connectivity index (χ1n) is 6.67. The topological polar surface area (TPSA) is 101 Å². The molecule has 0 saturated carbocycles. The molecule has 1 aromatic carbocycles. The van der Waals surface area contributed by atoms with E-state index in [0.29, 0.717) is 19.4 Å². The van der Waals surface area contributed by atoms with Gasteiger partial charge in [0.1, 0.15) is 11.8 Å². The van der Waals surface area contributed by atoms with E-state index in [-0.39, 0.29) is 16.2 Å². The van der Waals surface area contributed by atoms with Crippen LogP contribution in [0.1, 0.15) is 23.2 Å². The second-order valence-corrected chi connectivity index (χ2v) is 7.14. The summed E-state index contributed by atoms with van der Waals surface area (Å²) in [6.45, 7) is 0.321. The normalized spacial score (nSPS) is 18.3. The lowest BCUT2D eigenvalue weighted by molar-refractivity contribution is -0.141. The van der Waals surface area contributed by atoms with Gasteiger partial charge in [0.2, 0.25) is 0 Å². The van der Waals surface area contributed by atoms with Crippen molar-refractivity contribution in [3.63, 3.8) is 0 Å². The van der Waals surface area contributed by atoms with E-state index < -0.39 is 27.8 Å². The van der Waals surface area contributed by atoms with Crippen LogP contribution in [-0.4, -0.2) is 56.3 Å². The molecule has 1 atom stereocenters. The molecule has 1 amide bonds. The lowest BCUT2D eigenvalue weighted by Crippen LogP contribution is -2.40. The largest absolute Gasteiger partial charge is 0.496 e. The van der Waals surface area contributed by atoms with Crippen LogP contribution < -0.4 is 4.74 Å². The van der Waals surface area contributed by atoms with Crippen molar-refractivity contribution in [2.75, 3.05) is 19.9 Å². The molecular formula is C14H17NO6S. The minimum atomic E-state index is -3.48. The van der Waals surface area contributed by atoms with Gasteiger partial charge in [0.15, 0.2) is 9.84 Å². The molecule has 120 valence electrons. The molecule has 8 heteroatoms. The molecule has 1 heterocycles. The Kier molecular flexibility index (Phi) is 4.41. The van der Waals surface area contributed by atoms with E-state index in [1.807, 2.05) is 0 Å². The van der Waals surface area contributed by atoms with Crippen molar-refractivity contribution in [2.45, 2.75) is 23.8 Å². The van der Waals surface area contributed by atoms with Crippen LogP contribution in [0.4, 0.5) is 0 Å². The first-order valence-corrected chi connectivity index (χ1v) is 8.56. The highest BCUT2D eigenvalue weighted by atomic mass is 32.2. The molecule has 22 heavy (non-hydrogen) atoms. The van der Waals surface area contributed by atoms with Gasteiger partial charge in [-0.05, 0) is 31.0 Å². The van der Waals surface area contributed by atoms with Gasteiger partial charge in [-0.25, -0.2) is 13.2 Å². The van der Waals surface area contributed by atoms with Gasteiger partial charge in [-0.15, -0.1) is 0 Å². The second-order valence-electron chi connectivity index (χ2n) is 5.13. The highest BCUT2D eigenvalue weighted by molar-refractivity contribution is 7.90. The summed E-state index contributed by atoms with van der Waals surface area (Å²) in [4.78, 5) is 25.0. The molecule has 1 fully saturated rings. The summed E-state index contributed by atoms with van der Waals surface area (Å²) < 4.78 is 28.4. The number of rotatable bonds is 4. The molecular weight excluding hydrogens is 310 g/mol. The van der Waals surface area contributed by atoms with Gasteiger partial charge < -0.3 is 14.7 Å². The van der Waals surface area contributed by atoms with Crippen molar-refractivity contribution in [1.29, 1.82) is 0 Å². The molecule has 1 saturated heterocycles. The number of carbonyl (C=O) groups is 2. The zero-order valence-electron chi connectivity index (χ0n) is 12.3. The molecule has 0 radical (unpaired) electrons. The van der Waals surface area contributed by atoms with E-state index >= 15 is 0 Å². The van der Waals surface area contributed by atoms with E-state index in [1.165, 1.54) is 30.2 Å². The number of carboxylic acids is 1. The second kappa shape index (κ2) is 5.96. The molecule has 7 nitrogen and oxygen atoms in total. The summed E-state index contributed by atoms with van der Waals surface area (Å²) in [7, 11) is -2.11. The first-order chi connectivity index (χ1) is 10.3. The van der Waals surface area contributed by atoms with Crippen molar-refractivity contribution in [2.24, 2.45) is 0 Å². The zero-order chi connectivity index (χ0) is 16.5. The third-order valence-corrected chi connectivity index (χ3v) is 4.74. The van der Waals surface area contributed by atoms with Crippen LogP contribution in [0.15, 0.2) is 23.1 Å². The van der Waals surface area contributed by atoms with E-state index in [1.54, 1.807) is 0 Å². The summed E-state index contributed by atoms with van der Waals surface area (Å²) in [5.74, 6) is -1.38. The van der Waals surface area contributed by atoms with Crippen LogP contribution in [-0.2, 0) is 14.6 Å². The van der Waals surface area contributed by atoms with Gasteiger partial charge in [-0.2, -0.15) is 0 Å². The number of sulfone groups is 1. The van der Waals surface area contributed by atoms with Crippen molar-refractivity contribution >= 4 is 21.7 Å². The van der Waals surface area contributed by atoms with Gasteiger partial charge in [-0.1, -0.05) is 0 Å². The lowest BCUT2D eigenvalue weighted by Gasteiger charge is -2.22. The van der Waals surface area contributed by atoms with E-state index in [0.717, 1.165) is 6.26 Å². The number of nitrogens with zero attached hydrogens (tertiary/aromatic N) is 1. The van der Waals surface area contributed by atoms with Crippen LogP contribution in [0.2, 0.25) is 0 Å². The Bertz CT molecular complexity index is 712. The predicted molar refractivity (Wildman–Crippen MR) is 77.8 cm³/mol. The molecule has 1 aliphatic rings. The lowest BCUT2D eigenvalue weighted by atomic mass is 10.1. The Morgan fingerprint density at radius 2 is 2.05 bits per heavy atom. The number of aliphatic carboxylic acids is 1.